The standard InChI is InChI=1S/C8H6F3NO/c9-8(10,11)6-4-2-1-3-5(6)7(12)13/h1-4H,(H2,12,13)/i1D,2D,3D,4D. The SMILES string of the molecule is [2H]c1c([2H])c([2H])c(C(F)(F)F)c(C(N)=O)c1[2H]. The van der Waals surface area contributed by atoms with Crippen molar-refractivity contribution < 1.29 is 23.4 Å². The highest BCUT2D eigenvalue weighted by Crippen LogP contribution is 2.31. The van der Waals surface area contributed by atoms with E-state index in [1.807, 2.05) is 0 Å². The van der Waals surface area contributed by atoms with Crippen molar-refractivity contribution in [3.8, 4) is 0 Å². The number of rotatable bonds is 1. The van der Waals surface area contributed by atoms with Crippen LogP contribution in [0.5, 0.6) is 0 Å². The first-order valence-corrected chi connectivity index (χ1v) is 3.06. The van der Waals surface area contributed by atoms with Gasteiger partial charge in [-0.2, -0.15) is 13.2 Å². The number of amides is 1. The summed E-state index contributed by atoms with van der Waals surface area (Å²) in [7, 11) is 0. The van der Waals surface area contributed by atoms with Crippen LogP contribution in [0.1, 0.15) is 21.4 Å². The second kappa shape index (κ2) is 3.08. The van der Waals surface area contributed by atoms with Crippen molar-refractivity contribution in [1.29, 1.82) is 0 Å². The van der Waals surface area contributed by atoms with Gasteiger partial charge in [0, 0.05) is 0 Å². The molecule has 0 atom stereocenters. The van der Waals surface area contributed by atoms with E-state index in [1.165, 1.54) is 0 Å². The number of primary amides is 1. The molecule has 0 saturated heterocycles. The molecule has 70 valence electrons. The second-order valence-electron chi connectivity index (χ2n) is 2.11. The van der Waals surface area contributed by atoms with Gasteiger partial charge >= 0.3 is 6.18 Å². The Bertz CT molecular complexity index is 501. The lowest BCUT2D eigenvalue weighted by Gasteiger charge is -2.09. The van der Waals surface area contributed by atoms with Gasteiger partial charge in [0.2, 0.25) is 5.91 Å². The summed E-state index contributed by atoms with van der Waals surface area (Å²) < 4.78 is 66.4. The van der Waals surface area contributed by atoms with Crippen molar-refractivity contribution >= 4 is 5.91 Å². The van der Waals surface area contributed by atoms with Gasteiger partial charge < -0.3 is 5.73 Å². The number of nitrogens with two attached hydrogens (primary N) is 1. The Morgan fingerprint density at radius 2 is 1.92 bits per heavy atom. The number of hydrogen-bond donors (Lipinski definition) is 1. The zero-order valence-electron chi connectivity index (χ0n) is 10.1. The number of halogens is 3. The first-order chi connectivity index (χ1) is 7.59. The minimum atomic E-state index is -5.08. The van der Waals surface area contributed by atoms with Gasteiger partial charge in [0.15, 0.2) is 0 Å². The normalized spacial score (nSPS) is 15.6. The molecule has 1 aromatic carbocycles. The molecule has 2 N–H and O–H groups in total. The number of carbonyl (C=O) groups is 1. The van der Waals surface area contributed by atoms with E-state index < -0.39 is 47.4 Å². The average Bonchev–Trinajstić information content (AvgIpc) is 2.17. The largest absolute Gasteiger partial charge is 0.417 e. The van der Waals surface area contributed by atoms with Crippen LogP contribution in [0.4, 0.5) is 13.2 Å². The molecule has 0 aliphatic rings. The summed E-state index contributed by atoms with van der Waals surface area (Å²) in [5.41, 5.74) is 1.73. The molecule has 0 heterocycles. The summed E-state index contributed by atoms with van der Waals surface area (Å²) in [5, 5.41) is 0. The Labute approximate surface area is 77.8 Å². The molecule has 0 aliphatic heterocycles. The number of benzene rings is 1. The average molecular weight is 193 g/mol. The maximum absolute atomic E-state index is 12.6. The third-order valence-corrected chi connectivity index (χ3v) is 1.22. The van der Waals surface area contributed by atoms with E-state index in [9.17, 15) is 18.0 Å². The van der Waals surface area contributed by atoms with Crippen molar-refractivity contribution in [3.63, 3.8) is 0 Å². The van der Waals surface area contributed by atoms with E-state index in [4.69, 9.17) is 11.2 Å². The van der Waals surface area contributed by atoms with Crippen LogP contribution in [-0.4, -0.2) is 5.91 Å². The molecule has 0 bridgehead atoms. The van der Waals surface area contributed by atoms with Crippen molar-refractivity contribution in [2.45, 2.75) is 6.18 Å². The van der Waals surface area contributed by atoms with Crippen LogP contribution < -0.4 is 5.73 Å². The van der Waals surface area contributed by atoms with Crippen LogP contribution >= 0.6 is 0 Å². The Balaban J connectivity index is 3.86. The topological polar surface area (TPSA) is 43.1 Å². The van der Waals surface area contributed by atoms with E-state index in [0.29, 0.717) is 0 Å². The molecular weight excluding hydrogens is 183 g/mol. The van der Waals surface area contributed by atoms with Crippen LogP contribution in [0.15, 0.2) is 24.2 Å². The maximum atomic E-state index is 12.6. The molecule has 13 heavy (non-hydrogen) atoms. The Morgan fingerprint density at radius 3 is 2.38 bits per heavy atom. The lowest BCUT2D eigenvalue weighted by atomic mass is 10.1. The maximum Gasteiger partial charge on any atom is 0.417 e. The number of hydrogen-bond acceptors (Lipinski definition) is 1. The Kier molecular flexibility index (Phi) is 1.25. The smallest absolute Gasteiger partial charge is 0.366 e. The molecule has 0 fully saturated rings. The minimum absolute atomic E-state index is 0.934. The van der Waals surface area contributed by atoms with Gasteiger partial charge in [-0.05, 0) is 12.1 Å². The fourth-order valence-electron chi connectivity index (χ4n) is 0.710. The molecule has 1 aromatic rings. The van der Waals surface area contributed by atoms with E-state index >= 15 is 0 Å². The van der Waals surface area contributed by atoms with E-state index in [0.717, 1.165) is 0 Å². The summed E-state index contributed by atoms with van der Waals surface area (Å²) in [4.78, 5) is 10.9. The number of alkyl halides is 3. The van der Waals surface area contributed by atoms with Crippen molar-refractivity contribution in [2.24, 2.45) is 5.73 Å². The molecule has 1 amide bonds. The quantitative estimate of drug-likeness (QED) is 0.726. The predicted octanol–water partition coefficient (Wildman–Crippen LogP) is 1.80. The van der Waals surface area contributed by atoms with E-state index in [1.54, 1.807) is 0 Å². The summed E-state index contributed by atoms with van der Waals surface area (Å²) in [5.74, 6) is -1.55. The highest BCUT2D eigenvalue weighted by molar-refractivity contribution is 5.94. The van der Waals surface area contributed by atoms with Crippen LogP contribution in [-0.2, 0) is 6.18 Å². The zero-order valence-corrected chi connectivity index (χ0v) is 6.12. The molecular formula is C8H6F3NO. The van der Waals surface area contributed by atoms with E-state index in [-0.39, 0.29) is 0 Å². The van der Waals surface area contributed by atoms with Crippen LogP contribution in [0.2, 0.25) is 0 Å². The second-order valence-corrected chi connectivity index (χ2v) is 2.11. The summed E-state index contributed by atoms with van der Waals surface area (Å²) in [6, 6.07) is -4.41. The molecule has 0 aliphatic carbocycles. The Morgan fingerprint density at radius 1 is 1.38 bits per heavy atom. The minimum Gasteiger partial charge on any atom is -0.366 e. The molecule has 0 saturated carbocycles. The Hall–Kier alpha value is -1.52. The molecule has 1 rings (SSSR count). The van der Waals surface area contributed by atoms with Gasteiger partial charge in [0.05, 0.1) is 16.6 Å². The van der Waals surface area contributed by atoms with Crippen LogP contribution in [0.25, 0.3) is 0 Å². The monoisotopic (exact) mass is 193 g/mol. The van der Waals surface area contributed by atoms with Gasteiger partial charge in [-0.25, -0.2) is 0 Å². The fourth-order valence-corrected chi connectivity index (χ4v) is 0.710. The molecule has 5 heteroatoms. The molecule has 0 radical (unpaired) electrons. The molecule has 0 aromatic heterocycles. The zero-order chi connectivity index (χ0) is 13.5. The van der Waals surface area contributed by atoms with Gasteiger partial charge in [-0.15, -0.1) is 0 Å². The van der Waals surface area contributed by atoms with Crippen molar-refractivity contribution in [2.75, 3.05) is 0 Å². The third-order valence-electron chi connectivity index (χ3n) is 1.22. The van der Waals surface area contributed by atoms with Crippen molar-refractivity contribution in [3.05, 3.63) is 35.3 Å². The van der Waals surface area contributed by atoms with Crippen molar-refractivity contribution in [1.82, 2.24) is 0 Å². The summed E-state index contributed by atoms with van der Waals surface area (Å²) in [6.07, 6.45) is -5.08. The fraction of sp³-hybridized carbons (Fsp3) is 0.125. The molecule has 0 spiro atoms. The summed E-state index contributed by atoms with van der Waals surface area (Å²) in [6.45, 7) is 0. The predicted molar refractivity (Wildman–Crippen MR) is 40.0 cm³/mol. The first kappa shape index (κ1) is 5.26. The van der Waals surface area contributed by atoms with Gasteiger partial charge in [-0.3, -0.25) is 4.79 Å². The first-order valence-electron chi connectivity index (χ1n) is 5.06. The van der Waals surface area contributed by atoms with Crippen LogP contribution in [0.3, 0.4) is 0 Å². The lowest BCUT2D eigenvalue weighted by molar-refractivity contribution is -0.137. The van der Waals surface area contributed by atoms with Gasteiger partial charge in [0.25, 0.3) is 0 Å². The highest BCUT2D eigenvalue weighted by Gasteiger charge is 2.34. The third kappa shape index (κ3) is 1.99. The highest BCUT2D eigenvalue weighted by atomic mass is 19.4. The van der Waals surface area contributed by atoms with E-state index in [2.05, 4.69) is 0 Å². The molecule has 0 unspecified atom stereocenters. The summed E-state index contributed by atoms with van der Waals surface area (Å²) >= 11 is 0. The van der Waals surface area contributed by atoms with Crippen LogP contribution in [0, 0.1) is 0 Å². The molecule has 2 nitrogen and oxygen atoms in total. The number of carbonyl (C=O) groups excluding carboxylic acids is 1. The van der Waals surface area contributed by atoms with Gasteiger partial charge in [-0.1, -0.05) is 12.1 Å². The lowest BCUT2D eigenvalue weighted by Crippen LogP contribution is -2.18. The van der Waals surface area contributed by atoms with Gasteiger partial charge in [0.1, 0.15) is 0 Å².